The Morgan fingerprint density at radius 2 is 2.26 bits per heavy atom. The normalized spacial score (nSPS) is 13.5. The maximum atomic E-state index is 12.1. The lowest BCUT2D eigenvalue weighted by molar-refractivity contribution is -0.118. The van der Waals surface area contributed by atoms with Crippen molar-refractivity contribution in [3.8, 4) is 5.75 Å². The van der Waals surface area contributed by atoms with Crippen LogP contribution < -0.4 is 15.4 Å². The number of benzene rings is 1. The molecule has 19 heavy (non-hydrogen) atoms. The molecule has 1 heterocycles. The third-order valence-corrected chi connectivity index (χ3v) is 2.90. The number of para-hydroxylation sites is 1. The molecule has 2 amide bonds. The second-order valence-electron chi connectivity index (χ2n) is 4.95. The Bertz CT molecular complexity index is 497. The van der Waals surface area contributed by atoms with Crippen LogP contribution in [0.4, 0.5) is 5.69 Å². The maximum absolute atomic E-state index is 12.1. The molecular formula is C14H18N2O3. The molecule has 1 aromatic rings. The van der Waals surface area contributed by atoms with Gasteiger partial charge in [-0.25, -0.2) is 0 Å². The summed E-state index contributed by atoms with van der Waals surface area (Å²) in [7, 11) is 0. The van der Waals surface area contributed by atoms with Crippen LogP contribution in [0.2, 0.25) is 0 Å². The minimum Gasteiger partial charge on any atom is -0.482 e. The fraction of sp³-hybridized carbons (Fsp3) is 0.429. The molecule has 2 rings (SSSR count). The van der Waals surface area contributed by atoms with E-state index in [0.717, 1.165) is 6.42 Å². The van der Waals surface area contributed by atoms with Gasteiger partial charge in [-0.05, 0) is 24.5 Å². The first kappa shape index (κ1) is 13.4. The van der Waals surface area contributed by atoms with Crippen LogP contribution in [0.5, 0.6) is 5.75 Å². The summed E-state index contributed by atoms with van der Waals surface area (Å²) in [5, 5.41) is 5.53. The lowest BCUT2D eigenvalue weighted by Crippen LogP contribution is -2.30. The predicted molar refractivity (Wildman–Crippen MR) is 72.4 cm³/mol. The van der Waals surface area contributed by atoms with E-state index < -0.39 is 0 Å². The van der Waals surface area contributed by atoms with Crippen LogP contribution in [0.1, 0.15) is 30.6 Å². The third kappa shape index (κ3) is 3.24. The average molecular weight is 262 g/mol. The number of hydrogen-bond acceptors (Lipinski definition) is 3. The number of hydrogen-bond donors (Lipinski definition) is 2. The first-order valence-electron chi connectivity index (χ1n) is 6.42. The number of amides is 2. The van der Waals surface area contributed by atoms with Gasteiger partial charge in [0.1, 0.15) is 5.75 Å². The van der Waals surface area contributed by atoms with Crippen LogP contribution in [-0.2, 0) is 4.79 Å². The maximum Gasteiger partial charge on any atom is 0.262 e. The number of carbonyl (C=O) groups excluding carboxylic acids is 2. The molecule has 0 bridgehead atoms. The zero-order valence-electron chi connectivity index (χ0n) is 11.2. The molecule has 1 aromatic carbocycles. The Labute approximate surface area is 112 Å². The summed E-state index contributed by atoms with van der Waals surface area (Å²) in [6.45, 7) is 4.82. The van der Waals surface area contributed by atoms with Crippen molar-refractivity contribution in [2.75, 3.05) is 18.5 Å². The lowest BCUT2D eigenvalue weighted by Gasteiger charge is -2.20. The van der Waals surface area contributed by atoms with E-state index in [4.69, 9.17) is 4.74 Å². The minimum atomic E-state index is -0.241. The molecule has 0 unspecified atom stereocenters. The highest BCUT2D eigenvalue weighted by Crippen LogP contribution is 2.30. The molecule has 1 aliphatic heterocycles. The Morgan fingerprint density at radius 1 is 1.47 bits per heavy atom. The summed E-state index contributed by atoms with van der Waals surface area (Å²) >= 11 is 0. The van der Waals surface area contributed by atoms with Crippen molar-refractivity contribution in [2.24, 2.45) is 5.92 Å². The Kier molecular flexibility index (Phi) is 4.04. The van der Waals surface area contributed by atoms with Crippen LogP contribution in [-0.4, -0.2) is 25.0 Å². The smallest absolute Gasteiger partial charge is 0.262 e. The van der Waals surface area contributed by atoms with Gasteiger partial charge in [-0.3, -0.25) is 9.59 Å². The van der Waals surface area contributed by atoms with Crippen LogP contribution in [0.25, 0.3) is 0 Å². The zero-order chi connectivity index (χ0) is 13.8. The number of nitrogens with one attached hydrogen (secondary N) is 2. The number of fused-ring (bicyclic) bond motifs is 1. The van der Waals surface area contributed by atoms with Gasteiger partial charge in [0.25, 0.3) is 11.8 Å². The Morgan fingerprint density at radius 3 is 3.00 bits per heavy atom. The highest BCUT2D eigenvalue weighted by atomic mass is 16.5. The van der Waals surface area contributed by atoms with E-state index >= 15 is 0 Å². The van der Waals surface area contributed by atoms with E-state index in [2.05, 4.69) is 24.5 Å². The zero-order valence-corrected chi connectivity index (χ0v) is 11.2. The molecule has 0 aromatic heterocycles. The molecule has 0 aliphatic carbocycles. The van der Waals surface area contributed by atoms with Gasteiger partial charge in [0.15, 0.2) is 6.61 Å². The fourth-order valence-electron chi connectivity index (χ4n) is 1.86. The second kappa shape index (κ2) is 5.73. The number of rotatable bonds is 4. The number of carbonyl (C=O) groups is 2. The van der Waals surface area contributed by atoms with Crippen molar-refractivity contribution in [2.45, 2.75) is 20.3 Å². The van der Waals surface area contributed by atoms with E-state index in [1.54, 1.807) is 18.2 Å². The van der Waals surface area contributed by atoms with Crippen molar-refractivity contribution in [1.82, 2.24) is 5.32 Å². The Balaban J connectivity index is 2.11. The monoisotopic (exact) mass is 262 g/mol. The third-order valence-electron chi connectivity index (χ3n) is 2.90. The van der Waals surface area contributed by atoms with Crippen molar-refractivity contribution >= 4 is 17.5 Å². The molecule has 1 aliphatic rings. The summed E-state index contributed by atoms with van der Waals surface area (Å²) in [5.41, 5.74) is 0.898. The molecule has 0 spiro atoms. The topological polar surface area (TPSA) is 67.4 Å². The highest BCUT2D eigenvalue weighted by molar-refractivity contribution is 6.06. The van der Waals surface area contributed by atoms with E-state index in [1.807, 2.05) is 0 Å². The number of ether oxygens (including phenoxy) is 1. The van der Waals surface area contributed by atoms with Gasteiger partial charge in [0.2, 0.25) is 0 Å². The van der Waals surface area contributed by atoms with Gasteiger partial charge in [0.05, 0.1) is 11.3 Å². The van der Waals surface area contributed by atoms with Crippen LogP contribution in [0.15, 0.2) is 18.2 Å². The first-order valence-corrected chi connectivity index (χ1v) is 6.42. The standard InChI is InChI=1S/C14H18N2O3/c1-9(2)6-7-15-14(18)10-4-3-5-11-13(10)16-12(17)8-19-11/h3-5,9H,6-8H2,1-2H3,(H,15,18)(H,16,17). The lowest BCUT2D eigenvalue weighted by atomic mass is 10.1. The molecule has 0 fully saturated rings. The molecule has 2 N–H and O–H groups in total. The van der Waals surface area contributed by atoms with Gasteiger partial charge < -0.3 is 15.4 Å². The molecule has 0 radical (unpaired) electrons. The van der Waals surface area contributed by atoms with Gasteiger partial charge in [-0.1, -0.05) is 19.9 Å². The molecule has 0 saturated carbocycles. The average Bonchev–Trinajstić information content (AvgIpc) is 2.37. The van der Waals surface area contributed by atoms with Crippen LogP contribution in [0, 0.1) is 5.92 Å². The Hall–Kier alpha value is -2.04. The highest BCUT2D eigenvalue weighted by Gasteiger charge is 2.21. The molecular weight excluding hydrogens is 244 g/mol. The molecule has 0 atom stereocenters. The van der Waals surface area contributed by atoms with Gasteiger partial charge in [-0.2, -0.15) is 0 Å². The summed E-state index contributed by atoms with van der Waals surface area (Å²) < 4.78 is 5.28. The number of anilines is 1. The van der Waals surface area contributed by atoms with E-state index in [9.17, 15) is 9.59 Å². The summed E-state index contributed by atoms with van der Waals surface area (Å²) in [5.74, 6) is 0.641. The SMILES string of the molecule is CC(C)CCNC(=O)c1cccc2c1NC(=O)CO2. The summed E-state index contributed by atoms with van der Waals surface area (Å²) in [6, 6.07) is 5.16. The molecule has 5 heteroatoms. The molecule has 102 valence electrons. The van der Waals surface area contributed by atoms with Gasteiger partial charge >= 0.3 is 0 Å². The molecule has 5 nitrogen and oxygen atoms in total. The van der Waals surface area contributed by atoms with Crippen LogP contribution >= 0.6 is 0 Å². The second-order valence-corrected chi connectivity index (χ2v) is 4.95. The van der Waals surface area contributed by atoms with Crippen molar-refractivity contribution in [3.63, 3.8) is 0 Å². The van der Waals surface area contributed by atoms with Gasteiger partial charge in [0, 0.05) is 6.54 Å². The first-order chi connectivity index (χ1) is 9.08. The van der Waals surface area contributed by atoms with Crippen molar-refractivity contribution in [1.29, 1.82) is 0 Å². The van der Waals surface area contributed by atoms with E-state index in [0.29, 0.717) is 29.5 Å². The van der Waals surface area contributed by atoms with E-state index in [1.165, 1.54) is 0 Å². The molecule has 0 saturated heterocycles. The summed E-state index contributed by atoms with van der Waals surface area (Å²) in [6.07, 6.45) is 0.920. The summed E-state index contributed by atoms with van der Waals surface area (Å²) in [4.78, 5) is 23.4. The minimum absolute atomic E-state index is 0.00851. The van der Waals surface area contributed by atoms with Crippen molar-refractivity contribution in [3.05, 3.63) is 23.8 Å². The van der Waals surface area contributed by atoms with Crippen LogP contribution in [0.3, 0.4) is 0 Å². The fourth-order valence-corrected chi connectivity index (χ4v) is 1.86. The van der Waals surface area contributed by atoms with Gasteiger partial charge in [-0.15, -0.1) is 0 Å². The predicted octanol–water partition coefficient (Wildman–Crippen LogP) is 1.79. The largest absolute Gasteiger partial charge is 0.482 e. The quantitative estimate of drug-likeness (QED) is 0.869. The van der Waals surface area contributed by atoms with Crippen molar-refractivity contribution < 1.29 is 14.3 Å². The van der Waals surface area contributed by atoms with E-state index in [-0.39, 0.29) is 18.4 Å².